The topological polar surface area (TPSA) is 52.3 Å². The van der Waals surface area contributed by atoms with E-state index in [0.717, 1.165) is 34.2 Å². The fourth-order valence-electron chi connectivity index (χ4n) is 3.34. The van der Waals surface area contributed by atoms with Gasteiger partial charge < -0.3 is 14.6 Å². The predicted octanol–water partition coefficient (Wildman–Crippen LogP) is 7.18. The Morgan fingerprint density at radius 3 is 1.47 bits per heavy atom. The predicted molar refractivity (Wildman–Crippen MR) is 123 cm³/mol. The number of hydrogen-bond donors (Lipinski definition) is 1. The summed E-state index contributed by atoms with van der Waals surface area (Å²) in [7, 11) is 0. The summed E-state index contributed by atoms with van der Waals surface area (Å²) < 4.78 is 12.0. The van der Waals surface area contributed by atoms with Crippen molar-refractivity contribution in [2.75, 3.05) is 0 Å². The first-order chi connectivity index (χ1) is 14.4. The van der Waals surface area contributed by atoms with Crippen LogP contribution in [0, 0.1) is 0 Å². The first-order valence-corrected chi connectivity index (χ1v) is 10.3. The first-order valence-electron chi connectivity index (χ1n) is 9.56. The molecule has 4 aromatic rings. The van der Waals surface area contributed by atoms with Crippen LogP contribution >= 0.6 is 23.2 Å². The zero-order valence-corrected chi connectivity index (χ0v) is 17.8. The molecule has 4 rings (SSSR count). The number of rotatable bonds is 7. The molecule has 0 unspecified atom stereocenters. The van der Waals surface area contributed by atoms with E-state index >= 15 is 0 Å². The molecular weight excluding hydrogens is 417 g/mol. The minimum atomic E-state index is -0.704. The molecule has 152 valence electrons. The molecule has 0 fully saturated rings. The van der Waals surface area contributed by atoms with E-state index in [-0.39, 0.29) is 0 Å². The van der Waals surface area contributed by atoms with Crippen molar-refractivity contribution in [1.29, 1.82) is 0 Å². The number of halogens is 2. The third-order valence-corrected chi connectivity index (χ3v) is 5.50. The van der Waals surface area contributed by atoms with Crippen LogP contribution in [0.1, 0.15) is 11.5 Å². The average molecular weight is 438 g/mol. The second-order valence-electron chi connectivity index (χ2n) is 7.34. The Balaban J connectivity index is 1.49. The van der Waals surface area contributed by atoms with Gasteiger partial charge in [-0.1, -0.05) is 29.3 Å². The molecule has 0 bridgehead atoms. The van der Waals surface area contributed by atoms with Crippen LogP contribution in [0.4, 0.5) is 0 Å². The van der Waals surface area contributed by atoms with Gasteiger partial charge in [-0.25, -0.2) is 0 Å². The van der Waals surface area contributed by atoms with E-state index in [1.165, 1.54) is 0 Å². The monoisotopic (exact) mass is 437 g/mol. The summed E-state index contributed by atoms with van der Waals surface area (Å²) in [6, 6.07) is 22.8. The van der Waals surface area contributed by atoms with Crippen LogP contribution in [0.3, 0.4) is 0 Å². The van der Waals surface area contributed by atoms with Crippen LogP contribution < -0.4 is 5.73 Å². The summed E-state index contributed by atoms with van der Waals surface area (Å²) >= 11 is 11.9. The van der Waals surface area contributed by atoms with Crippen molar-refractivity contribution in [1.82, 2.24) is 0 Å². The molecule has 3 nitrogen and oxygen atoms in total. The van der Waals surface area contributed by atoms with Crippen LogP contribution in [0.15, 0.2) is 94.3 Å². The second-order valence-corrected chi connectivity index (χ2v) is 8.21. The highest BCUT2D eigenvalue weighted by Crippen LogP contribution is 2.29. The van der Waals surface area contributed by atoms with Gasteiger partial charge in [0.25, 0.3) is 0 Å². The molecule has 0 saturated heterocycles. The molecule has 2 heterocycles. The SMILES string of the molecule is C=CC(N)(Cc1ccc(-c2ccc(Cl)cc2)o1)Cc1ccc(-c2ccc(Cl)cc2)o1. The van der Waals surface area contributed by atoms with Crippen molar-refractivity contribution in [3.8, 4) is 22.6 Å². The van der Waals surface area contributed by atoms with Crippen LogP contribution in [0.25, 0.3) is 22.6 Å². The van der Waals surface area contributed by atoms with Gasteiger partial charge in [0.05, 0.1) is 0 Å². The number of benzene rings is 2. The second kappa shape index (κ2) is 8.57. The number of nitrogens with two attached hydrogens (primary N) is 1. The van der Waals surface area contributed by atoms with Gasteiger partial charge in [0.2, 0.25) is 0 Å². The highest BCUT2D eigenvalue weighted by molar-refractivity contribution is 6.30. The largest absolute Gasteiger partial charge is 0.461 e. The molecule has 0 saturated carbocycles. The van der Waals surface area contributed by atoms with Gasteiger partial charge >= 0.3 is 0 Å². The molecule has 2 aromatic heterocycles. The molecule has 0 aliphatic carbocycles. The lowest BCUT2D eigenvalue weighted by molar-refractivity contribution is 0.408. The smallest absolute Gasteiger partial charge is 0.134 e. The van der Waals surface area contributed by atoms with Crippen LogP contribution in [-0.2, 0) is 12.8 Å². The maximum atomic E-state index is 6.62. The van der Waals surface area contributed by atoms with E-state index in [1.54, 1.807) is 6.08 Å². The van der Waals surface area contributed by atoms with Crippen molar-refractivity contribution in [3.63, 3.8) is 0 Å². The fraction of sp³-hybridized carbons (Fsp3) is 0.120. The third kappa shape index (κ3) is 4.71. The van der Waals surface area contributed by atoms with Gasteiger partial charge in [-0.15, -0.1) is 6.58 Å². The Bertz CT molecular complexity index is 1050. The molecule has 2 aromatic carbocycles. The van der Waals surface area contributed by atoms with Crippen LogP contribution in [0.5, 0.6) is 0 Å². The molecule has 0 aliphatic rings. The van der Waals surface area contributed by atoms with E-state index in [0.29, 0.717) is 22.9 Å². The highest BCUT2D eigenvalue weighted by Gasteiger charge is 2.26. The molecule has 0 amide bonds. The Kier molecular flexibility index (Phi) is 5.87. The Morgan fingerprint density at radius 1 is 0.700 bits per heavy atom. The minimum Gasteiger partial charge on any atom is -0.461 e. The zero-order valence-electron chi connectivity index (χ0n) is 16.3. The normalized spacial score (nSPS) is 11.6. The van der Waals surface area contributed by atoms with E-state index < -0.39 is 5.54 Å². The lowest BCUT2D eigenvalue weighted by atomic mass is 9.90. The Morgan fingerprint density at radius 2 is 1.10 bits per heavy atom. The summed E-state index contributed by atoms with van der Waals surface area (Å²) in [6.07, 6.45) is 2.75. The van der Waals surface area contributed by atoms with Crippen molar-refractivity contribution in [3.05, 3.63) is 107 Å². The van der Waals surface area contributed by atoms with Gasteiger partial charge in [-0.3, -0.25) is 0 Å². The Hall–Kier alpha value is -2.72. The molecular formula is C25H21Cl2NO2. The van der Waals surface area contributed by atoms with E-state index in [4.69, 9.17) is 37.8 Å². The third-order valence-electron chi connectivity index (χ3n) is 4.99. The summed E-state index contributed by atoms with van der Waals surface area (Å²) in [4.78, 5) is 0. The van der Waals surface area contributed by atoms with Crippen molar-refractivity contribution < 1.29 is 8.83 Å². The summed E-state index contributed by atoms with van der Waals surface area (Å²) in [5.74, 6) is 3.12. The Labute approximate surface area is 185 Å². The quantitative estimate of drug-likeness (QED) is 0.311. The molecule has 0 aliphatic heterocycles. The number of furan rings is 2. The molecule has 0 radical (unpaired) electrons. The fourth-order valence-corrected chi connectivity index (χ4v) is 3.59. The first kappa shape index (κ1) is 20.5. The molecule has 2 N–H and O–H groups in total. The van der Waals surface area contributed by atoms with Gasteiger partial charge in [-0.2, -0.15) is 0 Å². The minimum absolute atomic E-state index is 0.501. The molecule has 30 heavy (non-hydrogen) atoms. The van der Waals surface area contributed by atoms with Gasteiger partial charge in [0.1, 0.15) is 23.0 Å². The van der Waals surface area contributed by atoms with Gasteiger partial charge in [0, 0.05) is 39.6 Å². The summed E-state index contributed by atoms with van der Waals surface area (Å²) in [5, 5.41) is 1.38. The summed E-state index contributed by atoms with van der Waals surface area (Å²) in [6.45, 7) is 3.94. The molecule has 0 atom stereocenters. The summed E-state index contributed by atoms with van der Waals surface area (Å²) in [5.41, 5.74) is 7.85. The maximum Gasteiger partial charge on any atom is 0.134 e. The van der Waals surface area contributed by atoms with Gasteiger partial charge in [0.15, 0.2) is 0 Å². The van der Waals surface area contributed by atoms with Gasteiger partial charge in [-0.05, 0) is 72.8 Å². The van der Waals surface area contributed by atoms with Crippen molar-refractivity contribution in [2.45, 2.75) is 18.4 Å². The van der Waals surface area contributed by atoms with Crippen LogP contribution in [-0.4, -0.2) is 5.54 Å². The van der Waals surface area contributed by atoms with E-state index in [1.807, 2.05) is 72.8 Å². The lowest BCUT2D eigenvalue weighted by Crippen LogP contribution is -2.41. The average Bonchev–Trinajstić information content (AvgIpc) is 3.39. The highest BCUT2D eigenvalue weighted by atomic mass is 35.5. The standard InChI is InChI=1S/C25H21Cl2NO2/c1-2-25(28,15-21-11-13-23(29-21)17-3-7-19(26)8-4-17)16-22-12-14-24(30-22)18-5-9-20(27)10-6-18/h2-14H,1,15-16,28H2. The van der Waals surface area contributed by atoms with Crippen LogP contribution in [0.2, 0.25) is 10.0 Å². The number of hydrogen-bond acceptors (Lipinski definition) is 3. The zero-order chi connectivity index (χ0) is 21.1. The molecule has 0 spiro atoms. The maximum absolute atomic E-state index is 6.62. The van der Waals surface area contributed by atoms with E-state index in [9.17, 15) is 0 Å². The van der Waals surface area contributed by atoms with Crippen molar-refractivity contribution in [2.24, 2.45) is 5.73 Å². The lowest BCUT2D eigenvalue weighted by Gasteiger charge is -2.23. The van der Waals surface area contributed by atoms with Crippen molar-refractivity contribution >= 4 is 23.2 Å². The molecule has 5 heteroatoms. The van der Waals surface area contributed by atoms with E-state index in [2.05, 4.69) is 6.58 Å².